The van der Waals surface area contributed by atoms with E-state index in [1.807, 2.05) is 0 Å². The van der Waals surface area contributed by atoms with Crippen molar-refractivity contribution in [3.63, 3.8) is 0 Å². The Morgan fingerprint density at radius 1 is 1.13 bits per heavy atom. The molecule has 1 N–H and O–H groups in total. The van der Waals surface area contributed by atoms with Gasteiger partial charge < -0.3 is 15.0 Å². The molecule has 2 aromatic heterocycles. The maximum atomic E-state index is 14.9. The summed E-state index contributed by atoms with van der Waals surface area (Å²) in [5.41, 5.74) is 0.806. The van der Waals surface area contributed by atoms with Crippen LogP contribution in [0.15, 0.2) is 47.6 Å². The zero-order valence-electron chi connectivity index (χ0n) is 21.6. The molecule has 3 aromatic rings. The SMILES string of the molecule is COc1nc(CS(=O)(=O)c2ccccc2Cl)c(F)cc1/C=C/c1cnc(NC2CCC(N(C)C)CC2)nc1. The second-order valence-corrected chi connectivity index (χ2v) is 11.9. The lowest BCUT2D eigenvalue weighted by atomic mass is 9.91. The number of methoxy groups -OCH3 is 1. The molecule has 8 nitrogen and oxygen atoms in total. The van der Waals surface area contributed by atoms with Crippen LogP contribution in [0.5, 0.6) is 5.88 Å². The van der Waals surface area contributed by atoms with Gasteiger partial charge in [0, 0.05) is 35.6 Å². The molecule has 4 rings (SSSR count). The number of nitrogens with zero attached hydrogens (tertiary/aromatic N) is 4. The lowest BCUT2D eigenvalue weighted by Crippen LogP contribution is -2.36. The summed E-state index contributed by atoms with van der Waals surface area (Å²) in [6.07, 6.45) is 11.1. The minimum absolute atomic E-state index is 0.0690. The third-order valence-corrected chi connectivity index (χ3v) is 8.74. The fraction of sp³-hybridized carbons (Fsp3) is 0.370. The molecule has 1 saturated carbocycles. The average molecular weight is 560 g/mol. The van der Waals surface area contributed by atoms with Crippen LogP contribution in [-0.4, -0.2) is 61.6 Å². The number of ether oxygens (including phenoxy) is 1. The van der Waals surface area contributed by atoms with Gasteiger partial charge in [0.2, 0.25) is 11.8 Å². The number of rotatable bonds is 9. The summed E-state index contributed by atoms with van der Waals surface area (Å²) in [4.78, 5) is 15.1. The first kappa shape index (κ1) is 27.9. The predicted octanol–water partition coefficient (Wildman–Crippen LogP) is 5.10. The Morgan fingerprint density at radius 2 is 1.82 bits per heavy atom. The highest BCUT2D eigenvalue weighted by Crippen LogP contribution is 2.28. The highest BCUT2D eigenvalue weighted by Gasteiger charge is 2.24. The molecular formula is C27H31ClFN5O3S. The van der Waals surface area contributed by atoms with Crippen LogP contribution in [0.25, 0.3) is 12.2 Å². The van der Waals surface area contributed by atoms with Gasteiger partial charge in [-0.1, -0.05) is 29.8 Å². The van der Waals surface area contributed by atoms with Gasteiger partial charge in [0.15, 0.2) is 9.84 Å². The quantitative estimate of drug-likeness (QED) is 0.387. The van der Waals surface area contributed by atoms with E-state index in [1.54, 1.807) is 36.7 Å². The largest absolute Gasteiger partial charge is 0.481 e. The maximum absolute atomic E-state index is 14.9. The zero-order chi connectivity index (χ0) is 27.3. The van der Waals surface area contributed by atoms with Crippen molar-refractivity contribution in [2.75, 3.05) is 26.5 Å². The van der Waals surface area contributed by atoms with Crippen molar-refractivity contribution in [1.29, 1.82) is 0 Å². The summed E-state index contributed by atoms with van der Waals surface area (Å²) in [6.45, 7) is 0. The summed E-state index contributed by atoms with van der Waals surface area (Å²) in [6, 6.07) is 8.19. The van der Waals surface area contributed by atoms with Crippen LogP contribution in [-0.2, 0) is 15.6 Å². The molecule has 0 radical (unpaired) electrons. The summed E-state index contributed by atoms with van der Waals surface area (Å²) in [5.74, 6) is -0.743. The lowest BCUT2D eigenvalue weighted by Gasteiger charge is -2.32. The number of nitrogens with one attached hydrogen (secondary N) is 1. The molecule has 1 aliphatic rings. The fourth-order valence-electron chi connectivity index (χ4n) is 4.46. The molecule has 202 valence electrons. The van der Waals surface area contributed by atoms with Crippen molar-refractivity contribution >= 4 is 39.5 Å². The van der Waals surface area contributed by atoms with Crippen molar-refractivity contribution in [2.24, 2.45) is 0 Å². The van der Waals surface area contributed by atoms with Crippen LogP contribution in [0.4, 0.5) is 10.3 Å². The molecule has 0 amide bonds. The molecule has 38 heavy (non-hydrogen) atoms. The van der Waals surface area contributed by atoms with Crippen molar-refractivity contribution in [1.82, 2.24) is 19.9 Å². The van der Waals surface area contributed by atoms with Crippen LogP contribution in [0, 0.1) is 5.82 Å². The summed E-state index contributed by atoms with van der Waals surface area (Å²) in [7, 11) is 1.71. The van der Waals surface area contributed by atoms with E-state index in [4.69, 9.17) is 16.3 Å². The minimum atomic E-state index is -3.91. The summed E-state index contributed by atoms with van der Waals surface area (Å²) >= 11 is 6.03. The average Bonchev–Trinajstić information content (AvgIpc) is 2.90. The van der Waals surface area contributed by atoms with Gasteiger partial charge in [-0.15, -0.1) is 0 Å². The Labute approximate surface area is 227 Å². The number of benzene rings is 1. The third kappa shape index (κ3) is 6.86. The lowest BCUT2D eigenvalue weighted by molar-refractivity contribution is 0.221. The predicted molar refractivity (Wildman–Crippen MR) is 147 cm³/mol. The van der Waals surface area contributed by atoms with Crippen LogP contribution in [0.3, 0.4) is 0 Å². The molecule has 0 atom stereocenters. The Balaban J connectivity index is 1.44. The molecule has 1 aliphatic carbocycles. The smallest absolute Gasteiger partial charge is 0.222 e. The Kier molecular flexibility index (Phi) is 8.96. The monoisotopic (exact) mass is 559 g/mol. The molecular weight excluding hydrogens is 529 g/mol. The van der Waals surface area contributed by atoms with E-state index in [0.717, 1.165) is 25.7 Å². The summed E-state index contributed by atoms with van der Waals surface area (Å²) in [5, 5.41) is 3.47. The van der Waals surface area contributed by atoms with Crippen LogP contribution in [0.1, 0.15) is 42.5 Å². The molecule has 11 heteroatoms. The van der Waals surface area contributed by atoms with Gasteiger partial charge in [0.25, 0.3) is 0 Å². The van der Waals surface area contributed by atoms with Crippen LogP contribution >= 0.6 is 11.6 Å². The van der Waals surface area contributed by atoms with Crippen molar-refractivity contribution in [3.05, 3.63) is 70.4 Å². The van der Waals surface area contributed by atoms with Crippen LogP contribution in [0.2, 0.25) is 5.02 Å². The highest BCUT2D eigenvalue weighted by molar-refractivity contribution is 7.90. The zero-order valence-corrected chi connectivity index (χ0v) is 23.1. The van der Waals surface area contributed by atoms with E-state index in [2.05, 4.69) is 39.3 Å². The van der Waals surface area contributed by atoms with Crippen molar-refractivity contribution in [2.45, 2.75) is 48.4 Å². The van der Waals surface area contributed by atoms with E-state index < -0.39 is 21.4 Å². The number of hydrogen-bond donors (Lipinski definition) is 1. The van der Waals surface area contributed by atoms with E-state index in [1.165, 1.54) is 25.3 Å². The first-order valence-corrected chi connectivity index (χ1v) is 14.3. The minimum Gasteiger partial charge on any atom is -0.481 e. The standard InChI is InChI=1S/C27H31ClFN5O3S/c1-34(2)21-12-10-20(11-13-21)32-27-30-15-18(16-31-27)8-9-19-14-23(29)24(33-26(19)37-3)17-38(35,36)25-7-5-4-6-22(25)28/h4-9,14-16,20-21H,10-13,17H2,1-3H3,(H,30,31,32)/b9-8+. The topological polar surface area (TPSA) is 97.3 Å². The highest BCUT2D eigenvalue weighted by atomic mass is 35.5. The van der Waals surface area contributed by atoms with Gasteiger partial charge in [0.05, 0.1) is 22.7 Å². The molecule has 0 aliphatic heterocycles. The van der Waals surface area contributed by atoms with Gasteiger partial charge >= 0.3 is 0 Å². The molecule has 0 unspecified atom stereocenters. The summed E-state index contributed by atoms with van der Waals surface area (Å²) < 4.78 is 45.8. The molecule has 1 aromatic carbocycles. The number of hydrogen-bond acceptors (Lipinski definition) is 8. The third-order valence-electron chi connectivity index (χ3n) is 6.62. The van der Waals surface area contributed by atoms with Gasteiger partial charge in [-0.05, 0) is 64.1 Å². The van der Waals surface area contributed by atoms with Gasteiger partial charge in [-0.25, -0.2) is 27.8 Å². The molecule has 0 saturated heterocycles. The Morgan fingerprint density at radius 3 is 2.45 bits per heavy atom. The van der Waals surface area contributed by atoms with Gasteiger partial charge in [0.1, 0.15) is 11.6 Å². The van der Waals surface area contributed by atoms with E-state index in [9.17, 15) is 12.8 Å². The Bertz CT molecular complexity index is 1390. The van der Waals surface area contributed by atoms with Crippen LogP contribution < -0.4 is 10.1 Å². The molecule has 0 spiro atoms. The molecule has 1 fully saturated rings. The fourth-order valence-corrected chi connectivity index (χ4v) is 6.32. The van der Waals surface area contributed by atoms with Gasteiger partial charge in [-0.2, -0.15) is 0 Å². The Hall–Kier alpha value is -3.08. The molecule has 0 bridgehead atoms. The first-order valence-electron chi connectivity index (χ1n) is 12.3. The number of aromatic nitrogens is 3. The second-order valence-electron chi connectivity index (χ2n) is 9.49. The maximum Gasteiger partial charge on any atom is 0.222 e. The molecule has 2 heterocycles. The van der Waals surface area contributed by atoms with Gasteiger partial charge in [-0.3, -0.25) is 0 Å². The van der Waals surface area contributed by atoms with E-state index in [0.29, 0.717) is 29.2 Å². The second kappa shape index (κ2) is 12.2. The number of anilines is 1. The number of sulfone groups is 1. The number of halogens is 2. The number of pyridine rings is 1. The first-order chi connectivity index (χ1) is 18.2. The van der Waals surface area contributed by atoms with E-state index in [-0.39, 0.29) is 21.5 Å². The van der Waals surface area contributed by atoms with Crippen molar-refractivity contribution < 1.29 is 17.5 Å². The normalized spacial score (nSPS) is 18.2. The van der Waals surface area contributed by atoms with Crippen molar-refractivity contribution in [3.8, 4) is 5.88 Å². The van der Waals surface area contributed by atoms with E-state index >= 15 is 0 Å².